The molecule has 3 aromatic carbocycles. The van der Waals surface area contributed by atoms with Crippen LogP contribution in [0, 0.1) is 5.92 Å². The van der Waals surface area contributed by atoms with Crippen molar-refractivity contribution in [2.75, 3.05) is 7.11 Å². The Morgan fingerprint density at radius 2 is 1.79 bits per heavy atom. The summed E-state index contributed by atoms with van der Waals surface area (Å²) in [4.78, 5) is 25.5. The fraction of sp³-hybridized carbons (Fsp3) is 0.200. The first-order valence-corrected chi connectivity index (χ1v) is 12.5. The maximum atomic E-state index is 13.8. The smallest absolute Gasteiger partial charge is 0.336 e. The van der Waals surface area contributed by atoms with E-state index in [-0.39, 0.29) is 11.7 Å². The lowest BCUT2D eigenvalue weighted by molar-refractivity contribution is -0.0241. The first kappa shape index (κ1) is 24.4. The van der Waals surface area contributed by atoms with Crippen molar-refractivity contribution >= 4 is 16.8 Å². The van der Waals surface area contributed by atoms with Gasteiger partial charge in [-0.25, -0.2) is 9.48 Å². The van der Waals surface area contributed by atoms with Crippen LogP contribution in [0.3, 0.4) is 0 Å². The van der Waals surface area contributed by atoms with E-state index in [0.717, 1.165) is 11.1 Å². The third kappa shape index (κ3) is 4.12. The number of aromatic nitrogens is 3. The Morgan fingerprint density at radius 3 is 2.56 bits per heavy atom. The highest BCUT2D eigenvalue weighted by molar-refractivity contribution is 6.08. The van der Waals surface area contributed by atoms with Crippen molar-refractivity contribution in [3.63, 3.8) is 0 Å². The van der Waals surface area contributed by atoms with Crippen molar-refractivity contribution in [2.24, 2.45) is 5.92 Å². The molecule has 0 spiro atoms. The molecule has 9 nitrogen and oxygen atoms in total. The number of ether oxygens (including phenoxy) is 3. The average Bonchev–Trinajstić information content (AvgIpc) is 3.55. The van der Waals surface area contributed by atoms with E-state index in [0.29, 0.717) is 46.1 Å². The zero-order chi connectivity index (χ0) is 27.1. The summed E-state index contributed by atoms with van der Waals surface area (Å²) >= 11 is 0. The van der Waals surface area contributed by atoms with Gasteiger partial charge in [-0.2, -0.15) is 0 Å². The molecule has 0 N–H and O–H groups in total. The van der Waals surface area contributed by atoms with Crippen LogP contribution in [-0.2, 0) is 12.3 Å². The maximum absolute atomic E-state index is 13.8. The molecule has 0 aliphatic carbocycles. The summed E-state index contributed by atoms with van der Waals surface area (Å²) < 4.78 is 24.6. The Hall–Kier alpha value is -4.92. The molecule has 0 radical (unpaired) electrons. The molecule has 3 heterocycles. The van der Waals surface area contributed by atoms with Crippen molar-refractivity contribution < 1.29 is 23.4 Å². The Kier molecular flexibility index (Phi) is 5.91. The van der Waals surface area contributed by atoms with E-state index < -0.39 is 11.4 Å². The van der Waals surface area contributed by atoms with Crippen molar-refractivity contribution in [3.8, 4) is 28.5 Å². The van der Waals surface area contributed by atoms with Gasteiger partial charge in [0.2, 0.25) is 5.78 Å². The minimum Gasteiger partial charge on any atom is -0.493 e. The molecular formula is C30H25N3O6. The monoisotopic (exact) mass is 523 g/mol. The third-order valence-corrected chi connectivity index (χ3v) is 6.87. The second kappa shape index (κ2) is 9.43. The van der Waals surface area contributed by atoms with Crippen LogP contribution in [0.15, 0.2) is 88.2 Å². The molecule has 0 fully saturated rings. The topological polar surface area (TPSA) is 106 Å². The van der Waals surface area contributed by atoms with Crippen LogP contribution in [0.4, 0.5) is 0 Å². The van der Waals surface area contributed by atoms with Crippen molar-refractivity contribution in [1.29, 1.82) is 0 Å². The number of Topliss-reactive ketones (excluding diaryl/α,β-unsaturated/α-hetero) is 1. The van der Waals surface area contributed by atoms with Crippen LogP contribution in [0.5, 0.6) is 17.2 Å². The molecule has 1 unspecified atom stereocenters. The lowest BCUT2D eigenvalue weighted by Crippen LogP contribution is -2.48. The third-order valence-electron chi connectivity index (χ3n) is 6.87. The number of carbonyl (C=O) groups excluding carboxylic acids is 1. The fourth-order valence-electron chi connectivity index (χ4n) is 4.80. The van der Waals surface area contributed by atoms with Gasteiger partial charge >= 0.3 is 5.63 Å². The number of nitrogens with zero attached hydrogens (tertiary/aromatic N) is 3. The molecule has 6 rings (SSSR count). The van der Waals surface area contributed by atoms with E-state index in [2.05, 4.69) is 10.3 Å². The van der Waals surface area contributed by atoms with E-state index in [4.69, 9.17) is 18.6 Å². The summed E-state index contributed by atoms with van der Waals surface area (Å²) in [5.74, 6) is 0.920. The lowest BCUT2D eigenvalue weighted by atomic mass is 9.92. The van der Waals surface area contributed by atoms with Crippen molar-refractivity contribution in [1.82, 2.24) is 15.0 Å². The number of carbonyl (C=O) groups is 1. The summed E-state index contributed by atoms with van der Waals surface area (Å²) in [5.41, 5.74) is 1.12. The van der Waals surface area contributed by atoms with Crippen LogP contribution in [0.2, 0.25) is 0 Å². The Labute approximate surface area is 223 Å². The second-order valence-electron chi connectivity index (χ2n) is 9.61. The maximum Gasteiger partial charge on any atom is 0.336 e. The average molecular weight is 524 g/mol. The van der Waals surface area contributed by atoms with Gasteiger partial charge in [0.15, 0.2) is 11.5 Å². The second-order valence-corrected chi connectivity index (χ2v) is 9.61. The van der Waals surface area contributed by atoms with Gasteiger partial charge in [0.25, 0.3) is 5.72 Å². The molecule has 0 amide bonds. The van der Waals surface area contributed by atoms with Gasteiger partial charge in [0.05, 0.1) is 18.9 Å². The molecule has 1 atom stereocenters. The summed E-state index contributed by atoms with van der Waals surface area (Å²) in [5, 5.41) is 9.29. The molecule has 2 aromatic heterocycles. The first-order valence-electron chi connectivity index (χ1n) is 12.5. The minimum absolute atomic E-state index is 0.251. The molecule has 39 heavy (non-hydrogen) atoms. The largest absolute Gasteiger partial charge is 0.493 e. The Bertz CT molecular complexity index is 1760. The molecule has 196 valence electrons. The number of fused-ring (bicyclic) bond motifs is 2. The Balaban J connectivity index is 1.32. The van der Waals surface area contributed by atoms with Gasteiger partial charge < -0.3 is 18.6 Å². The van der Waals surface area contributed by atoms with Gasteiger partial charge in [-0.1, -0.05) is 49.4 Å². The van der Waals surface area contributed by atoms with Crippen LogP contribution in [-0.4, -0.2) is 27.9 Å². The summed E-state index contributed by atoms with van der Waals surface area (Å²) in [7, 11) is 1.58. The number of hydrogen-bond acceptors (Lipinski definition) is 8. The Morgan fingerprint density at radius 1 is 0.974 bits per heavy atom. The molecule has 0 saturated carbocycles. The number of methoxy groups -OCH3 is 1. The van der Waals surface area contributed by atoms with Gasteiger partial charge in [-0.15, -0.1) is 5.10 Å². The predicted molar refractivity (Wildman–Crippen MR) is 143 cm³/mol. The van der Waals surface area contributed by atoms with Crippen molar-refractivity contribution in [3.05, 3.63) is 101 Å². The molecule has 0 saturated heterocycles. The van der Waals surface area contributed by atoms with Crippen LogP contribution >= 0.6 is 0 Å². The van der Waals surface area contributed by atoms with Gasteiger partial charge in [0.1, 0.15) is 23.6 Å². The van der Waals surface area contributed by atoms with E-state index in [1.54, 1.807) is 31.5 Å². The first-order chi connectivity index (χ1) is 18.9. The molecule has 9 heteroatoms. The van der Waals surface area contributed by atoms with Crippen LogP contribution in [0.1, 0.15) is 29.8 Å². The highest BCUT2D eigenvalue weighted by Gasteiger charge is 2.53. The fourth-order valence-corrected chi connectivity index (χ4v) is 4.80. The zero-order valence-electron chi connectivity index (χ0n) is 21.6. The van der Waals surface area contributed by atoms with Crippen LogP contribution in [0.25, 0.3) is 22.2 Å². The van der Waals surface area contributed by atoms with Gasteiger partial charge in [0, 0.05) is 29.0 Å². The van der Waals surface area contributed by atoms with E-state index in [9.17, 15) is 9.59 Å². The summed E-state index contributed by atoms with van der Waals surface area (Å²) in [6.45, 7) is 4.17. The summed E-state index contributed by atoms with van der Waals surface area (Å²) in [6.07, 6.45) is 1.68. The number of hydrogen-bond donors (Lipinski definition) is 0. The van der Waals surface area contributed by atoms with Crippen LogP contribution < -0.4 is 19.8 Å². The van der Waals surface area contributed by atoms with Gasteiger partial charge in [-0.3, -0.25) is 4.79 Å². The zero-order valence-corrected chi connectivity index (χ0v) is 21.6. The van der Waals surface area contributed by atoms with E-state index >= 15 is 0 Å². The quantitative estimate of drug-likeness (QED) is 0.267. The summed E-state index contributed by atoms with van der Waals surface area (Å²) in [6, 6.07) is 21.6. The number of rotatable bonds is 7. The highest BCUT2D eigenvalue weighted by Crippen LogP contribution is 2.44. The minimum atomic E-state index is -1.45. The molecule has 1 aliphatic heterocycles. The standard InChI is InChI=1S/C30H25N3O6/c1-18(2)30(29(35)22-13-21-10-12-28(34)38-25(21)15-26(22)39-30)33-16-23(31-32-33)20-9-11-24(27(14-20)36-3)37-17-19-7-5-4-6-8-19/h4-16,18H,17H2,1-3H3. The predicted octanol–water partition coefficient (Wildman–Crippen LogP) is 5.22. The normalized spacial score (nSPS) is 16.4. The molecule has 0 bridgehead atoms. The van der Waals surface area contributed by atoms with Crippen molar-refractivity contribution in [2.45, 2.75) is 26.2 Å². The highest BCUT2D eigenvalue weighted by atomic mass is 16.5. The van der Waals surface area contributed by atoms with E-state index in [1.165, 1.54) is 10.7 Å². The SMILES string of the molecule is COc1cc(-c2cn(C3(C(C)C)Oc4cc5oc(=O)ccc5cc4C3=O)nn2)ccc1OCc1ccccc1. The van der Waals surface area contributed by atoms with E-state index in [1.807, 2.05) is 62.4 Å². The van der Waals surface area contributed by atoms with Gasteiger partial charge in [-0.05, 0) is 35.9 Å². The molecule has 5 aromatic rings. The molecular weight excluding hydrogens is 498 g/mol. The number of ketones is 1. The molecule has 1 aliphatic rings. The number of benzene rings is 3. The lowest BCUT2D eigenvalue weighted by Gasteiger charge is -2.30.